The van der Waals surface area contributed by atoms with E-state index in [0.717, 1.165) is 0 Å². The first-order valence-electron chi connectivity index (χ1n) is 2.98. The van der Waals surface area contributed by atoms with Crippen molar-refractivity contribution in [3.05, 3.63) is 18.0 Å². The molecule has 11 heavy (non-hydrogen) atoms. The van der Waals surface area contributed by atoms with E-state index in [1.165, 1.54) is 0 Å². The van der Waals surface area contributed by atoms with Gasteiger partial charge in [-0.2, -0.15) is 5.10 Å². The average Bonchev–Trinajstić information content (AvgIpc) is 2.31. The van der Waals surface area contributed by atoms with Crippen LogP contribution in [-0.4, -0.2) is 15.7 Å². The molecular weight excluding hydrogens is 142 g/mol. The molecule has 0 aliphatic rings. The Morgan fingerprint density at radius 2 is 2.55 bits per heavy atom. The number of carbonyl (C=O) groups is 1. The van der Waals surface area contributed by atoms with E-state index in [1.54, 1.807) is 24.1 Å². The average molecular weight is 149 g/mol. The van der Waals surface area contributed by atoms with E-state index in [1.807, 2.05) is 0 Å². The lowest BCUT2D eigenvalue weighted by atomic mass is 10.3. The molecule has 1 aromatic rings. The van der Waals surface area contributed by atoms with Gasteiger partial charge in [-0.1, -0.05) is 5.92 Å². The van der Waals surface area contributed by atoms with Crippen LogP contribution in [0, 0.1) is 11.8 Å². The zero-order chi connectivity index (χ0) is 8.27. The molecule has 0 radical (unpaired) electrons. The fourth-order valence-corrected chi connectivity index (χ4v) is 0.620. The summed E-state index contributed by atoms with van der Waals surface area (Å²) in [7, 11) is 1.77. The summed E-state index contributed by atoms with van der Waals surface area (Å²) in [6.45, 7) is 0. The molecule has 4 heteroatoms. The topological polar surface area (TPSA) is 60.9 Å². The van der Waals surface area contributed by atoms with Gasteiger partial charge in [0.15, 0.2) is 0 Å². The van der Waals surface area contributed by atoms with Crippen molar-refractivity contribution in [3.63, 3.8) is 0 Å². The molecule has 1 rings (SSSR count). The van der Waals surface area contributed by atoms with Gasteiger partial charge < -0.3 is 5.73 Å². The molecule has 0 aliphatic heterocycles. The van der Waals surface area contributed by atoms with Crippen molar-refractivity contribution in [2.75, 3.05) is 0 Å². The van der Waals surface area contributed by atoms with Gasteiger partial charge in [-0.25, -0.2) is 0 Å². The highest BCUT2D eigenvalue weighted by molar-refractivity contribution is 5.92. The molecule has 56 valence electrons. The summed E-state index contributed by atoms with van der Waals surface area (Å²) in [5, 5.41) is 3.86. The van der Waals surface area contributed by atoms with Gasteiger partial charge in [0.2, 0.25) is 0 Å². The molecule has 0 unspecified atom stereocenters. The van der Waals surface area contributed by atoms with E-state index in [9.17, 15) is 4.79 Å². The van der Waals surface area contributed by atoms with Crippen LogP contribution in [0.3, 0.4) is 0 Å². The number of primary amides is 1. The fraction of sp³-hybridized carbons (Fsp3) is 0.143. The highest BCUT2D eigenvalue weighted by Gasteiger charge is 1.89. The van der Waals surface area contributed by atoms with E-state index in [2.05, 4.69) is 16.9 Å². The number of nitrogens with zero attached hydrogens (tertiary/aromatic N) is 2. The van der Waals surface area contributed by atoms with Crippen molar-refractivity contribution >= 4 is 5.91 Å². The summed E-state index contributed by atoms with van der Waals surface area (Å²) < 4.78 is 1.60. The highest BCUT2D eigenvalue weighted by Crippen LogP contribution is 1.90. The van der Waals surface area contributed by atoms with Crippen molar-refractivity contribution in [1.82, 2.24) is 9.78 Å². The van der Waals surface area contributed by atoms with Gasteiger partial charge in [-0.15, -0.1) is 0 Å². The first-order chi connectivity index (χ1) is 5.18. The summed E-state index contributed by atoms with van der Waals surface area (Å²) in [6, 6.07) is 0. The quantitative estimate of drug-likeness (QED) is 0.494. The zero-order valence-electron chi connectivity index (χ0n) is 6.03. The molecule has 0 aromatic carbocycles. The van der Waals surface area contributed by atoms with E-state index in [-0.39, 0.29) is 0 Å². The minimum Gasteiger partial charge on any atom is -0.359 e. The van der Waals surface area contributed by atoms with Crippen LogP contribution in [0.15, 0.2) is 12.4 Å². The highest BCUT2D eigenvalue weighted by atomic mass is 16.1. The zero-order valence-corrected chi connectivity index (χ0v) is 6.03. The molecule has 0 fully saturated rings. The molecule has 1 heterocycles. The van der Waals surface area contributed by atoms with Crippen molar-refractivity contribution < 1.29 is 4.79 Å². The number of hydrogen-bond donors (Lipinski definition) is 1. The van der Waals surface area contributed by atoms with Crippen LogP contribution in [0.2, 0.25) is 0 Å². The summed E-state index contributed by atoms with van der Waals surface area (Å²) in [4.78, 5) is 10.2. The van der Waals surface area contributed by atoms with E-state index < -0.39 is 5.91 Å². The molecule has 0 atom stereocenters. The van der Waals surface area contributed by atoms with Crippen LogP contribution in [0.4, 0.5) is 0 Å². The number of hydrogen-bond acceptors (Lipinski definition) is 2. The second-order valence-electron chi connectivity index (χ2n) is 2.02. The smallest absolute Gasteiger partial charge is 0.293 e. The van der Waals surface area contributed by atoms with Crippen molar-refractivity contribution in [3.8, 4) is 11.8 Å². The summed E-state index contributed by atoms with van der Waals surface area (Å²) in [6.07, 6.45) is 3.27. The molecule has 0 bridgehead atoms. The first kappa shape index (κ1) is 7.35. The number of rotatable bonds is 0. The molecule has 2 N–H and O–H groups in total. The Kier molecular flexibility index (Phi) is 1.93. The van der Waals surface area contributed by atoms with E-state index in [4.69, 9.17) is 5.73 Å². The maximum Gasteiger partial charge on any atom is 0.293 e. The normalized spacial score (nSPS) is 8.45. The van der Waals surface area contributed by atoms with Gasteiger partial charge in [-0.05, 0) is 0 Å². The Hall–Kier alpha value is -1.76. The number of amides is 1. The second kappa shape index (κ2) is 2.88. The number of nitrogens with two attached hydrogens (primary N) is 1. The largest absolute Gasteiger partial charge is 0.359 e. The lowest BCUT2D eigenvalue weighted by Gasteiger charge is -1.79. The van der Waals surface area contributed by atoms with Crippen molar-refractivity contribution in [2.24, 2.45) is 12.8 Å². The van der Waals surface area contributed by atoms with Crippen molar-refractivity contribution in [2.45, 2.75) is 0 Å². The standard InChI is InChI=1S/C7H7N3O/c1-10-5-6(4-9-10)2-3-7(8)11/h4-5H,1H3,(H2,8,11). The minimum absolute atomic E-state index is 0.631. The number of aromatic nitrogens is 2. The monoisotopic (exact) mass is 149 g/mol. The van der Waals surface area contributed by atoms with Gasteiger partial charge >= 0.3 is 0 Å². The molecular formula is C7H7N3O. The van der Waals surface area contributed by atoms with E-state index >= 15 is 0 Å². The van der Waals surface area contributed by atoms with Crippen LogP contribution in [0.5, 0.6) is 0 Å². The Morgan fingerprint density at radius 1 is 1.82 bits per heavy atom. The Bertz CT molecular complexity index is 329. The molecule has 0 spiro atoms. The molecule has 0 saturated heterocycles. The molecule has 1 amide bonds. The Morgan fingerprint density at radius 3 is 3.00 bits per heavy atom. The maximum absolute atomic E-state index is 10.2. The predicted molar refractivity (Wildman–Crippen MR) is 39.3 cm³/mol. The van der Waals surface area contributed by atoms with Gasteiger partial charge in [-0.3, -0.25) is 9.48 Å². The van der Waals surface area contributed by atoms with E-state index in [0.29, 0.717) is 5.56 Å². The van der Waals surface area contributed by atoms with Gasteiger partial charge in [0.1, 0.15) is 0 Å². The SMILES string of the molecule is Cn1cc(C#CC(N)=O)cn1. The van der Waals surface area contributed by atoms with Crippen molar-refractivity contribution in [1.29, 1.82) is 0 Å². The summed E-state index contributed by atoms with van der Waals surface area (Å²) in [5.41, 5.74) is 5.49. The molecule has 4 nitrogen and oxygen atoms in total. The molecule has 0 saturated carbocycles. The van der Waals surface area contributed by atoms with Crippen LogP contribution in [-0.2, 0) is 11.8 Å². The van der Waals surface area contributed by atoms with Crippen LogP contribution in [0.25, 0.3) is 0 Å². The Balaban J connectivity index is 2.82. The third kappa shape index (κ3) is 2.14. The number of carbonyl (C=O) groups excluding carboxylic acids is 1. The fourth-order valence-electron chi connectivity index (χ4n) is 0.620. The second-order valence-corrected chi connectivity index (χ2v) is 2.02. The predicted octanol–water partition coefficient (Wildman–Crippen LogP) is -0.743. The van der Waals surface area contributed by atoms with Gasteiger partial charge in [0.05, 0.1) is 11.8 Å². The van der Waals surface area contributed by atoms with Gasteiger partial charge in [0, 0.05) is 19.2 Å². The lowest BCUT2D eigenvalue weighted by Crippen LogP contribution is -2.05. The van der Waals surface area contributed by atoms with Crippen LogP contribution < -0.4 is 5.73 Å². The van der Waals surface area contributed by atoms with Crippen LogP contribution in [0.1, 0.15) is 5.56 Å². The maximum atomic E-state index is 10.2. The van der Waals surface area contributed by atoms with Crippen LogP contribution >= 0.6 is 0 Å². The summed E-state index contributed by atoms with van der Waals surface area (Å²) in [5.74, 6) is 4.14. The molecule has 0 aliphatic carbocycles. The third-order valence-corrected chi connectivity index (χ3v) is 1.03. The number of aryl methyl sites for hydroxylation is 1. The molecule has 1 aromatic heterocycles. The summed E-state index contributed by atoms with van der Waals surface area (Å²) >= 11 is 0. The lowest BCUT2D eigenvalue weighted by molar-refractivity contribution is -0.112. The Labute approximate surface area is 64.0 Å². The van der Waals surface area contributed by atoms with Gasteiger partial charge in [0.25, 0.3) is 5.91 Å². The third-order valence-electron chi connectivity index (χ3n) is 1.03. The first-order valence-corrected chi connectivity index (χ1v) is 2.98. The minimum atomic E-state index is -0.631.